The van der Waals surface area contributed by atoms with E-state index >= 15 is 0 Å². The lowest BCUT2D eigenvalue weighted by atomic mass is 10.3. The number of alkyl halides is 3. The van der Waals surface area contributed by atoms with Crippen LogP contribution < -0.4 is 10.6 Å². The summed E-state index contributed by atoms with van der Waals surface area (Å²) >= 11 is 0. The first kappa shape index (κ1) is 13.2. The van der Waals surface area contributed by atoms with E-state index in [0.717, 1.165) is 12.6 Å². The number of nitrogens with one attached hydrogen (secondary N) is 2. The van der Waals surface area contributed by atoms with Crippen molar-refractivity contribution >= 4 is 5.97 Å². The van der Waals surface area contributed by atoms with Crippen molar-refractivity contribution in [2.75, 3.05) is 20.1 Å². The molecule has 4 nitrogen and oxygen atoms in total. The van der Waals surface area contributed by atoms with Gasteiger partial charge < -0.3 is 15.7 Å². The van der Waals surface area contributed by atoms with E-state index in [1.807, 2.05) is 7.05 Å². The fourth-order valence-electron chi connectivity index (χ4n) is 0.901. The summed E-state index contributed by atoms with van der Waals surface area (Å²) in [7, 11) is 2.01. The largest absolute Gasteiger partial charge is 0.490 e. The summed E-state index contributed by atoms with van der Waals surface area (Å²) in [6.07, 6.45) is -3.80. The number of carbonyl (C=O) groups is 1. The minimum absolute atomic E-state index is 0.736. The Labute approximate surface area is 79.5 Å². The predicted molar refractivity (Wildman–Crippen MR) is 44.0 cm³/mol. The standard InChI is InChI=1S/C5H12N2.C2HF3O2/c1-6-5-2-3-7-4-5;3-2(4,5)1(6)7/h5-7H,2-4H2,1H3;(H,6,7). The molecular weight excluding hydrogens is 201 g/mol. The minimum atomic E-state index is -5.08. The number of carboxylic acid groups (broad SMARTS) is 1. The van der Waals surface area contributed by atoms with Crippen molar-refractivity contribution in [1.82, 2.24) is 10.6 Å². The number of aliphatic carboxylic acids is 1. The van der Waals surface area contributed by atoms with Gasteiger partial charge in [0.2, 0.25) is 0 Å². The highest BCUT2D eigenvalue weighted by Gasteiger charge is 2.38. The molecule has 1 atom stereocenters. The summed E-state index contributed by atoms with van der Waals surface area (Å²) in [5, 5.41) is 13.6. The van der Waals surface area contributed by atoms with E-state index in [1.165, 1.54) is 13.0 Å². The Bertz CT molecular complexity index is 178. The molecule has 0 bridgehead atoms. The number of halogens is 3. The van der Waals surface area contributed by atoms with Gasteiger partial charge in [0, 0.05) is 12.6 Å². The summed E-state index contributed by atoms with van der Waals surface area (Å²) in [6, 6.07) is 0.736. The average molecular weight is 214 g/mol. The highest BCUT2D eigenvalue weighted by atomic mass is 19.4. The van der Waals surface area contributed by atoms with E-state index in [0.29, 0.717) is 0 Å². The van der Waals surface area contributed by atoms with Gasteiger partial charge in [-0.05, 0) is 20.0 Å². The molecule has 0 aromatic heterocycles. The zero-order chi connectivity index (χ0) is 11.2. The lowest BCUT2D eigenvalue weighted by Crippen LogP contribution is -2.26. The Kier molecular flexibility index (Phi) is 5.47. The van der Waals surface area contributed by atoms with Crippen LogP contribution >= 0.6 is 0 Å². The van der Waals surface area contributed by atoms with Gasteiger partial charge in [0.25, 0.3) is 0 Å². The highest BCUT2D eigenvalue weighted by molar-refractivity contribution is 5.73. The summed E-state index contributed by atoms with van der Waals surface area (Å²) in [6.45, 7) is 2.34. The van der Waals surface area contributed by atoms with Crippen molar-refractivity contribution in [1.29, 1.82) is 0 Å². The molecule has 0 aromatic rings. The first-order valence-electron chi connectivity index (χ1n) is 4.06. The second-order valence-corrected chi connectivity index (χ2v) is 2.78. The fourth-order valence-corrected chi connectivity index (χ4v) is 0.901. The summed E-state index contributed by atoms with van der Waals surface area (Å²) in [5.74, 6) is -2.76. The molecule has 3 N–H and O–H groups in total. The van der Waals surface area contributed by atoms with E-state index < -0.39 is 12.1 Å². The quantitative estimate of drug-likeness (QED) is 0.583. The van der Waals surface area contributed by atoms with Crippen LogP contribution in [-0.4, -0.2) is 43.4 Å². The van der Waals surface area contributed by atoms with Crippen molar-refractivity contribution in [3.63, 3.8) is 0 Å². The molecule has 1 saturated heterocycles. The Balaban J connectivity index is 0.000000241. The maximum atomic E-state index is 10.6. The third-order valence-corrected chi connectivity index (χ3v) is 1.71. The monoisotopic (exact) mass is 214 g/mol. The summed E-state index contributed by atoms with van der Waals surface area (Å²) in [4.78, 5) is 8.90. The lowest BCUT2D eigenvalue weighted by molar-refractivity contribution is -0.192. The van der Waals surface area contributed by atoms with E-state index in [9.17, 15) is 13.2 Å². The van der Waals surface area contributed by atoms with E-state index in [1.54, 1.807) is 0 Å². The van der Waals surface area contributed by atoms with Crippen LogP contribution in [0.3, 0.4) is 0 Å². The molecule has 0 aromatic carbocycles. The molecule has 7 heteroatoms. The normalized spacial score (nSPS) is 21.3. The van der Waals surface area contributed by atoms with Crippen molar-refractivity contribution < 1.29 is 23.1 Å². The molecule has 14 heavy (non-hydrogen) atoms. The third kappa shape index (κ3) is 5.76. The molecule has 0 aliphatic carbocycles. The average Bonchev–Trinajstić information content (AvgIpc) is 2.54. The van der Waals surface area contributed by atoms with Gasteiger partial charge in [0.1, 0.15) is 0 Å². The zero-order valence-electron chi connectivity index (χ0n) is 7.69. The molecule has 1 unspecified atom stereocenters. The van der Waals surface area contributed by atoms with Gasteiger partial charge >= 0.3 is 12.1 Å². The SMILES string of the molecule is CNC1CCNC1.O=C(O)C(F)(F)F. The molecule has 1 fully saturated rings. The van der Waals surface area contributed by atoms with Crippen LogP contribution in [0.1, 0.15) is 6.42 Å². The Hall–Kier alpha value is -0.820. The second-order valence-electron chi connectivity index (χ2n) is 2.78. The van der Waals surface area contributed by atoms with Crippen LogP contribution in [-0.2, 0) is 4.79 Å². The number of carboxylic acids is 1. The molecule has 1 heterocycles. The molecule has 0 radical (unpaired) electrons. The molecule has 1 aliphatic rings. The number of likely N-dealkylation sites (N-methyl/N-ethyl adjacent to an activating group) is 1. The summed E-state index contributed by atoms with van der Waals surface area (Å²) in [5.41, 5.74) is 0. The third-order valence-electron chi connectivity index (χ3n) is 1.71. The molecule has 0 saturated carbocycles. The van der Waals surface area contributed by atoms with Gasteiger partial charge in [-0.15, -0.1) is 0 Å². The number of hydrogen-bond acceptors (Lipinski definition) is 3. The maximum Gasteiger partial charge on any atom is 0.490 e. The van der Waals surface area contributed by atoms with E-state index in [-0.39, 0.29) is 0 Å². The van der Waals surface area contributed by atoms with E-state index in [2.05, 4.69) is 10.6 Å². The van der Waals surface area contributed by atoms with Crippen LogP contribution in [0, 0.1) is 0 Å². The zero-order valence-corrected chi connectivity index (χ0v) is 7.69. The maximum absolute atomic E-state index is 10.6. The van der Waals surface area contributed by atoms with Gasteiger partial charge in [0.15, 0.2) is 0 Å². The van der Waals surface area contributed by atoms with Crippen LogP contribution in [0.2, 0.25) is 0 Å². The minimum Gasteiger partial charge on any atom is -0.475 e. The fraction of sp³-hybridized carbons (Fsp3) is 0.857. The van der Waals surface area contributed by atoms with Crippen molar-refractivity contribution in [2.45, 2.75) is 18.6 Å². The van der Waals surface area contributed by atoms with Crippen molar-refractivity contribution in [2.24, 2.45) is 0 Å². The molecule has 1 rings (SSSR count). The van der Waals surface area contributed by atoms with Gasteiger partial charge in [-0.25, -0.2) is 4.79 Å². The van der Waals surface area contributed by atoms with Crippen LogP contribution in [0.25, 0.3) is 0 Å². The van der Waals surface area contributed by atoms with E-state index in [4.69, 9.17) is 9.90 Å². The molecule has 1 aliphatic heterocycles. The highest BCUT2D eigenvalue weighted by Crippen LogP contribution is 2.13. The Morgan fingerprint density at radius 3 is 2.21 bits per heavy atom. The van der Waals surface area contributed by atoms with Gasteiger partial charge in [0.05, 0.1) is 0 Å². The Morgan fingerprint density at radius 2 is 2.07 bits per heavy atom. The second kappa shape index (κ2) is 5.82. The predicted octanol–water partition coefficient (Wildman–Crippen LogP) is 0.201. The number of rotatable bonds is 1. The van der Waals surface area contributed by atoms with Gasteiger partial charge in [-0.1, -0.05) is 0 Å². The first-order valence-corrected chi connectivity index (χ1v) is 4.06. The molecule has 84 valence electrons. The van der Waals surface area contributed by atoms with Crippen LogP contribution in [0.5, 0.6) is 0 Å². The lowest BCUT2D eigenvalue weighted by Gasteiger charge is -2.02. The molecule has 0 spiro atoms. The Morgan fingerprint density at radius 1 is 1.57 bits per heavy atom. The topological polar surface area (TPSA) is 61.4 Å². The van der Waals surface area contributed by atoms with Gasteiger partial charge in [-0.2, -0.15) is 13.2 Å². The van der Waals surface area contributed by atoms with Crippen LogP contribution in [0.4, 0.5) is 13.2 Å². The van der Waals surface area contributed by atoms with Crippen LogP contribution in [0.15, 0.2) is 0 Å². The first-order chi connectivity index (χ1) is 6.38. The molecular formula is C7H13F3N2O2. The van der Waals surface area contributed by atoms with Crippen molar-refractivity contribution in [3.8, 4) is 0 Å². The number of hydrogen-bond donors (Lipinski definition) is 3. The summed E-state index contributed by atoms with van der Waals surface area (Å²) < 4.78 is 31.7. The van der Waals surface area contributed by atoms with Gasteiger partial charge in [-0.3, -0.25) is 0 Å². The smallest absolute Gasteiger partial charge is 0.475 e. The molecule has 0 amide bonds. The van der Waals surface area contributed by atoms with Crippen molar-refractivity contribution in [3.05, 3.63) is 0 Å².